The normalized spacial score (nSPS) is 18.3. The number of fused-ring (bicyclic) bond motifs is 1. The molecular formula is C15H17N3O3. The van der Waals surface area contributed by atoms with Crippen molar-refractivity contribution in [2.45, 2.75) is 31.7 Å². The van der Waals surface area contributed by atoms with Crippen LogP contribution in [0.25, 0.3) is 10.9 Å². The molecule has 6 heteroatoms. The van der Waals surface area contributed by atoms with Crippen LogP contribution in [-0.4, -0.2) is 44.7 Å². The van der Waals surface area contributed by atoms with E-state index < -0.39 is 5.97 Å². The number of hydrogen-bond donors (Lipinski definition) is 2. The van der Waals surface area contributed by atoms with Gasteiger partial charge in [-0.3, -0.25) is 14.7 Å². The minimum absolute atomic E-state index is 0.0233. The number of para-hydroxylation sites is 1. The Morgan fingerprint density at radius 1 is 1.38 bits per heavy atom. The molecule has 21 heavy (non-hydrogen) atoms. The van der Waals surface area contributed by atoms with Crippen LogP contribution in [0.2, 0.25) is 0 Å². The number of benzene rings is 1. The second kappa shape index (κ2) is 5.55. The number of aliphatic carboxylic acids is 1. The first kappa shape index (κ1) is 13.6. The topological polar surface area (TPSA) is 86.3 Å². The molecule has 1 aliphatic rings. The number of carbonyl (C=O) groups is 2. The van der Waals surface area contributed by atoms with Gasteiger partial charge in [0.1, 0.15) is 0 Å². The van der Waals surface area contributed by atoms with Crippen molar-refractivity contribution in [2.75, 3.05) is 6.54 Å². The number of hydrogen-bond acceptors (Lipinski definition) is 3. The average molecular weight is 287 g/mol. The highest BCUT2D eigenvalue weighted by atomic mass is 16.4. The first-order chi connectivity index (χ1) is 10.1. The fraction of sp³-hybridized carbons (Fsp3) is 0.400. The van der Waals surface area contributed by atoms with Gasteiger partial charge in [-0.15, -0.1) is 0 Å². The van der Waals surface area contributed by atoms with Crippen molar-refractivity contribution in [2.24, 2.45) is 0 Å². The van der Waals surface area contributed by atoms with E-state index in [0.29, 0.717) is 6.54 Å². The SMILES string of the molecule is O=C(O)CC1CCCN1C(=O)Cc1[nH]nc2ccccc12. The van der Waals surface area contributed by atoms with Gasteiger partial charge in [-0.25, -0.2) is 0 Å². The molecule has 2 aromatic rings. The lowest BCUT2D eigenvalue weighted by molar-refractivity contribution is -0.139. The number of carboxylic acid groups (broad SMARTS) is 1. The van der Waals surface area contributed by atoms with Crippen molar-refractivity contribution >= 4 is 22.8 Å². The first-order valence-corrected chi connectivity index (χ1v) is 7.08. The molecule has 1 saturated heterocycles. The van der Waals surface area contributed by atoms with E-state index in [0.717, 1.165) is 29.4 Å². The smallest absolute Gasteiger partial charge is 0.305 e. The summed E-state index contributed by atoms with van der Waals surface area (Å²) in [6, 6.07) is 7.46. The fourth-order valence-electron chi connectivity index (χ4n) is 2.98. The first-order valence-electron chi connectivity index (χ1n) is 7.08. The van der Waals surface area contributed by atoms with E-state index in [1.165, 1.54) is 0 Å². The van der Waals surface area contributed by atoms with Crippen molar-refractivity contribution in [3.8, 4) is 0 Å². The lowest BCUT2D eigenvalue weighted by atomic mass is 10.1. The number of aromatic amines is 1. The molecule has 0 bridgehead atoms. The fourth-order valence-corrected chi connectivity index (χ4v) is 2.98. The molecule has 0 aliphatic carbocycles. The Labute approximate surface area is 121 Å². The van der Waals surface area contributed by atoms with Crippen LogP contribution in [0, 0.1) is 0 Å². The monoisotopic (exact) mass is 287 g/mol. The van der Waals surface area contributed by atoms with Gasteiger partial charge in [-0.05, 0) is 18.9 Å². The van der Waals surface area contributed by atoms with E-state index in [-0.39, 0.29) is 24.8 Å². The van der Waals surface area contributed by atoms with Crippen LogP contribution in [0.3, 0.4) is 0 Å². The van der Waals surface area contributed by atoms with Crippen molar-refractivity contribution in [1.29, 1.82) is 0 Å². The molecule has 1 aromatic carbocycles. The zero-order valence-electron chi connectivity index (χ0n) is 11.6. The summed E-state index contributed by atoms with van der Waals surface area (Å²) < 4.78 is 0. The average Bonchev–Trinajstić information content (AvgIpc) is 3.06. The molecule has 6 nitrogen and oxygen atoms in total. The van der Waals surface area contributed by atoms with Crippen LogP contribution in [-0.2, 0) is 16.0 Å². The number of carboxylic acids is 1. The number of amides is 1. The molecule has 110 valence electrons. The van der Waals surface area contributed by atoms with Gasteiger partial charge in [-0.2, -0.15) is 5.10 Å². The summed E-state index contributed by atoms with van der Waals surface area (Å²) >= 11 is 0. The van der Waals surface area contributed by atoms with Gasteiger partial charge >= 0.3 is 5.97 Å². The molecule has 1 aliphatic heterocycles. The zero-order valence-corrected chi connectivity index (χ0v) is 11.6. The maximum Gasteiger partial charge on any atom is 0.305 e. The quantitative estimate of drug-likeness (QED) is 0.893. The number of nitrogens with one attached hydrogen (secondary N) is 1. The van der Waals surface area contributed by atoms with E-state index in [1.54, 1.807) is 4.90 Å². The molecule has 1 fully saturated rings. The Bertz CT molecular complexity index is 680. The van der Waals surface area contributed by atoms with Gasteiger partial charge in [0, 0.05) is 18.0 Å². The molecule has 1 unspecified atom stereocenters. The Hall–Kier alpha value is -2.37. The van der Waals surface area contributed by atoms with E-state index in [9.17, 15) is 9.59 Å². The number of rotatable bonds is 4. The summed E-state index contributed by atoms with van der Waals surface area (Å²) in [6.45, 7) is 0.642. The molecule has 3 rings (SSSR count). The highest BCUT2D eigenvalue weighted by Crippen LogP contribution is 2.22. The molecule has 2 heterocycles. The summed E-state index contributed by atoms with van der Waals surface area (Å²) in [7, 11) is 0. The third-order valence-corrected chi connectivity index (χ3v) is 3.98. The van der Waals surface area contributed by atoms with E-state index in [4.69, 9.17) is 5.11 Å². The van der Waals surface area contributed by atoms with Gasteiger partial charge in [0.2, 0.25) is 5.91 Å². The summed E-state index contributed by atoms with van der Waals surface area (Å²) in [6.07, 6.45) is 1.89. The lowest BCUT2D eigenvalue weighted by Crippen LogP contribution is -2.37. The minimum atomic E-state index is -0.855. The Kier molecular flexibility index (Phi) is 3.60. The summed E-state index contributed by atoms with van der Waals surface area (Å²) in [5, 5.41) is 16.9. The second-order valence-corrected chi connectivity index (χ2v) is 5.38. The summed E-state index contributed by atoms with van der Waals surface area (Å²) in [4.78, 5) is 25.0. The van der Waals surface area contributed by atoms with E-state index in [1.807, 2.05) is 24.3 Å². The Morgan fingerprint density at radius 3 is 3.00 bits per heavy atom. The van der Waals surface area contributed by atoms with Gasteiger partial charge in [0.05, 0.1) is 24.1 Å². The lowest BCUT2D eigenvalue weighted by Gasteiger charge is -2.23. The number of aromatic nitrogens is 2. The molecule has 1 amide bonds. The summed E-state index contributed by atoms with van der Waals surface area (Å²) in [5.74, 6) is -0.889. The number of nitrogens with zero attached hydrogens (tertiary/aromatic N) is 2. The van der Waals surface area contributed by atoms with E-state index >= 15 is 0 Å². The molecular weight excluding hydrogens is 270 g/mol. The van der Waals surface area contributed by atoms with Gasteiger partial charge in [0.25, 0.3) is 0 Å². The van der Waals surface area contributed by atoms with Crippen LogP contribution < -0.4 is 0 Å². The van der Waals surface area contributed by atoms with E-state index in [2.05, 4.69) is 10.2 Å². The Balaban J connectivity index is 1.75. The highest BCUT2D eigenvalue weighted by molar-refractivity contribution is 5.87. The van der Waals surface area contributed by atoms with Crippen LogP contribution in [0.4, 0.5) is 0 Å². The number of H-pyrrole nitrogens is 1. The van der Waals surface area contributed by atoms with Crippen LogP contribution in [0.15, 0.2) is 24.3 Å². The third-order valence-electron chi connectivity index (χ3n) is 3.98. The zero-order chi connectivity index (χ0) is 14.8. The molecule has 2 N–H and O–H groups in total. The van der Waals surface area contributed by atoms with Crippen molar-refractivity contribution in [3.05, 3.63) is 30.0 Å². The molecule has 1 atom stereocenters. The molecule has 0 saturated carbocycles. The molecule has 0 radical (unpaired) electrons. The van der Waals surface area contributed by atoms with Gasteiger partial charge < -0.3 is 10.0 Å². The minimum Gasteiger partial charge on any atom is -0.481 e. The number of carbonyl (C=O) groups excluding carboxylic acids is 1. The predicted octanol–water partition coefficient (Wildman–Crippen LogP) is 1.57. The maximum absolute atomic E-state index is 12.4. The maximum atomic E-state index is 12.4. The largest absolute Gasteiger partial charge is 0.481 e. The van der Waals surface area contributed by atoms with Crippen LogP contribution in [0.1, 0.15) is 25.0 Å². The third kappa shape index (κ3) is 2.74. The van der Waals surface area contributed by atoms with Crippen molar-refractivity contribution < 1.29 is 14.7 Å². The Morgan fingerprint density at radius 2 is 2.19 bits per heavy atom. The standard InChI is InChI=1S/C15H17N3O3/c19-14(18-7-3-4-10(18)8-15(20)21)9-13-11-5-1-2-6-12(11)16-17-13/h1-2,5-6,10H,3-4,7-9H2,(H,16,17)(H,20,21). The van der Waals surface area contributed by atoms with Gasteiger partial charge in [-0.1, -0.05) is 18.2 Å². The summed E-state index contributed by atoms with van der Waals surface area (Å²) in [5.41, 5.74) is 1.63. The van der Waals surface area contributed by atoms with Crippen LogP contribution >= 0.6 is 0 Å². The predicted molar refractivity (Wildman–Crippen MR) is 76.8 cm³/mol. The van der Waals surface area contributed by atoms with Gasteiger partial charge in [0.15, 0.2) is 0 Å². The second-order valence-electron chi connectivity index (χ2n) is 5.38. The highest BCUT2D eigenvalue weighted by Gasteiger charge is 2.30. The molecule has 0 spiro atoms. The number of likely N-dealkylation sites (tertiary alicyclic amines) is 1. The van der Waals surface area contributed by atoms with Crippen molar-refractivity contribution in [1.82, 2.24) is 15.1 Å². The molecule has 1 aromatic heterocycles. The van der Waals surface area contributed by atoms with Crippen LogP contribution in [0.5, 0.6) is 0 Å². The van der Waals surface area contributed by atoms with Crippen molar-refractivity contribution in [3.63, 3.8) is 0 Å².